The van der Waals surface area contributed by atoms with E-state index in [2.05, 4.69) is 10.3 Å². The van der Waals surface area contributed by atoms with E-state index in [9.17, 15) is 9.18 Å². The maximum absolute atomic E-state index is 13.3. The number of para-hydroxylation sites is 1. The molecular formula is C20H19ClFN3O2. The fourth-order valence-electron chi connectivity index (χ4n) is 2.65. The fourth-order valence-corrected chi connectivity index (χ4v) is 2.83. The minimum Gasteiger partial charge on any atom is -0.479 e. The SMILES string of the molecule is CC(Oc1ccccc1Cl)C(=O)NC(c1ccc(F)cc1)c1nccn1C. The highest BCUT2D eigenvalue weighted by Gasteiger charge is 2.24. The molecule has 0 spiro atoms. The van der Waals surface area contributed by atoms with Crippen LogP contribution in [-0.2, 0) is 11.8 Å². The van der Waals surface area contributed by atoms with Crippen LogP contribution in [0.5, 0.6) is 5.75 Å². The molecule has 2 aromatic carbocycles. The summed E-state index contributed by atoms with van der Waals surface area (Å²) >= 11 is 6.09. The first-order chi connectivity index (χ1) is 13.0. The van der Waals surface area contributed by atoms with Gasteiger partial charge in [-0.3, -0.25) is 4.79 Å². The zero-order valence-corrected chi connectivity index (χ0v) is 15.7. The van der Waals surface area contributed by atoms with Gasteiger partial charge in [0.15, 0.2) is 6.10 Å². The molecule has 0 aliphatic heterocycles. The number of rotatable bonds is 6. The van der Waals surface area contributed by atoms with Crippen molar-refractivity contribution in [2.45, 2.75) is 19.1 Å². The third-order valence-corrected chi connectivity index (χ3v) is 4.43. The second-order valence-electron chi connectivity index (χ2n) is 6.08. The molecule has 1 amide bonds. The van der Waals surface area contributed by atoms with Gasteiger partial charge < -0.3 is 14.6 Å². The molecule has 0 fully saturated rings. The lowest BCUT2D eigenvalue weighted by molar-refractivity contribution is -0.127. The van der Waals surface area contributed by atoms with Gasteiger partial charge in [-0.1, -0.05) is 35.9 Å². The molecule has 7 heteroatoms. The molecule has 0 bridgehead atoms. The molecule has 5 nitrogen and oxygen atoms in total. The zero-order valence-electron chi connectivity index (χ0n) is 14.9. The average Bonchev–Trinajstić information content (AvgIpc) is 3.08. The van der Waals surface area contributed by atoms with Crippen LogP contribution in [0.25, 0.3) is 0 Å². The maximum Gasteiger partial charge on any atom is 0.261 e. The molecule has 27 heavy (non-hydrogen) atoms. The molecule has 3 rings (SSSR count). The molecule has 0 radical (unpaired) electrons. The van der Waals surface area contributed by atoms with Crippen molar-refractivity contribution in [3.63, 3.8) is 0 Å². The van der Waals surface area contributed by atoms with E-state index < -0.39 is 12.1 Å². The van der Waals surface area contributed by atoms with Crippen molar-refractivity contribution in [2.75, 3.05) is 0 Å². The summed E-state index contributed by atoms with van der Waals surface area (Å²) in [6, 6.07) is 12.3. The lowest BCUT2D eigenvalue weighted by atomic mass is 10.1. The predicted molar refractivity (Wildman–Crippen MR) is 101 cm³/mol. The van der Waals surface area contributed by atoms with Crippen LogP contribution in [0.4, 0.5) is 4.39 Å². The van der Waals surface area contributed by atoms with Crippen LogP contribution in [0.2, 0.25) is 5.02 Å². The van der Waals surface area contributed by atoms with Crippen LogP contribution in [0, 0.1) is 5.82 Å². The molecule has 0 aliphatic carbocycles. The van der Waals surface area contributed by atoms with E-state index in [4.69, 9.17) is 16.3 Å². The number of benzene rings is 2. The predicted octanol–water partition coefficient (Wildman–Crippen LogP) is 3.89. The van der Waals surface area contributed by atoms with E-state index in [1.807, 2.05) is 7.05 Å². The van der Waals surface area contributed by atoms with Crippen LogP contribution >= 0.6 is 11.6 Å². The Hall–Kier alpha value is -2.86. The number of hydrogen-bond acceptors (Lipinski definition) is 3. The van der Waals surface area contributed by atoms with Gasteiger partial charge in [-0.2, -0.15) is 0 Å². The van der Waals surface area contributed by atoms with Gasteiger partial charge in [0, 0.05) is 19.4 Å². The standard InChI is InChI=1S/C20H19ClFN3O2/c1-13(27-17-6-4-3-5-16(17)21)20(26)24-18(19-23-11-12-25(19)2)14-7-9-15(22)10-8-14/h3-13,18H,1-2H3,(H,24,26). The van der Waals surface area contributed by atoms with Gasteiger partial charge in [0.1, 0.15) is 23.4 Å². The Balaban J connectivity index is 1.81. The highest BCUT2D eigenvalue weighted by Crippen LogP contribution is 2.25. The Morgan fingerprint density at radius 3 is 2.56 bits per heavy atom. The minimum absolute atomic E-state index is 0.341. The highest BCUT2D eigenvalue weighted by molar-refractivity contribution is 6.32. The molecule has 1 heterocycles. The van der Waals surface area contributed by atoms with Crippen LogP contribution in [-0.4, -0.2) is 21.6 Å². The number of nitrogens with zero attached hydrogens (tertiary/aromatic N) is 2. The monoisotopic (exact) mass is 387 g/mol. The Morgan fingerprint density at radius 2 is 1.93 bits per heavy atom. The van der Waals surface area contributed by atoms with Gasteiger partial charge in [-0.15, -0.1) is 0 Å². The third-order valence-electron chi connectivity index (χ3n) is 4.12. The second-order valence-corrected chi connectivity index (χ2v) is 6.49. The first-order valence-corrected chi connectivity index (χ1v) is 8.77. The minimum atomic E-state index is -0.784. The number of ether oxygens (including phenoxy) is 1. The van der Waals surface area contributed by atoms with Crippen molar-refractivity contribution in [3.05, 3.63) is 83.2 Å². The number of imidazole rings is 1. The lowest BCUT2D eigenvalue weighted by Crippen LogP contribution is -2.39. The van der Waals surface area contributed by atoms with Gasteiger partial charge in [0.05, 0.1) is 5.02 Å². The number of nitrogens with one attached hydrogen (secondary N) is 1. The number of carbonyl (C=O) groups is 1. The molecule has 2 atom stereocenters. The summed E-state index contributed by atoms with van der Waals surface area (Å²) in [7, 11) is 1.83. The Bertz CT molecular complexity index is 927. The highest BCUT2D eigenvalue weighted by atomic mass is 35.5. The van der Waals surface area contributed by atoms with Crippen LogP contribution in [0.3, 0.4) is 0 Å². The number of aromatic nitrogens is 2. The van der Waals surface area contributed by atoms with E-state index >= 15 is 0 Å². The molecule has 140 valence electrons. The second kappa shape index (κ2) is 8.22. The van der Waals surface area contributed by atoms with Gasteiger partial charge in [0.25, 0.3) is 5.91 Å². The Morgan fingerprint density at radius 1 is 1.22 bits per heavy atom. The summed E-state index contributed by atoms with van der Waals surface area (Å²) in [5, 5.41) is 3.35. The van der Waals surface area contributed by atoms with Crippen LogP contribution in [0.1, 0.15) is 24.4 Å². The van der Waals surface area contributed by atoms with Crippen molar-refractivity contribution in [1.82, 2.24) is 14.9 Å². The van der Waals surface area contributed by atoms with E-state index in [0.717, 1.165) is 0 Å². The average molecular weight is 388 g/mol. The molecule has 1 aromatic heterocycles. The van der Waals surface area contributed by atoms with E-state index in [-0.39, 0.29) is 11.7 Å². The Labute approximate surface area is 161 Å². The first kappa shape index (κ1) is 18.9. The van der Waals surface area contributed by atoms with Crippen molar-refractivity contribution >= 4 is 17.5 Å². The summed E-state index contributed by atoms with van der Waals surface area (Å²) in [6.07, 6.45) is 2.64. The zero-order chi connectivity index (χ0) is 19.4. The molecule has 0 saturated heterocycles. The van der Waals surface area contributed by atoms with Crippen LogP contribution < -0.4 is 10.1 Å². The molecule has 0 aliphatic rings. The maximum atomic E-state index is 13.3. The van der Waals surface area contributed by atoms with Crippen molar-refractivity contribution in [3.8, 4) is 5.75 Å². The number of hydrogen-bond donors (Lipinski definition) is 1. The molecule has 1 N–H and O–H groups in total. The number of aryl methyl sites for hydroxylation is 1. The largest absolute Gasteiger partial charge is 0.479 e. The fraction of sp³-hybridized carbons (Fsp3) is 0.200. The quantitative estimate of drug-likeness (QED) is 0.698. The summed E-state index contributed by atoms with van der Waals surface area (Å²) in [5.41, 5.74) is 0.712. The first-order valence-electron chi connectivity index (χ1n) is 8.40. The topological polar surface area (TPSA) is 56.1 Å². The van der Waals surface area contributed by atoms with E-state index in [0.29, 0.717) is 22.2 Å². The van der Waals surface area contributed by atoms with Gasteiger partial charge in [-0.25, -0.2) is 9.37 Å². The lowest BCUT2D eigenvalue weighted by Gasteiger charge is -2.22. The molecule has 2 unspecified atom stereocenters. The number of halogens is 2. The summed E-state index contributed by atoms with van der Waals surface area (Å²) < 4.78 is 20.8. The summed E-state index contributed by atoms with van der Waals surface area (Å²) in [5.74, 6) is 0.364. The smallest absolute Gasteiger partial charge is 0.261 e. The molecule has 3 aromatic rings. The summed E-state index contributed by atoms with van der Waals surface area (Å²) in [4.78, 5) is 17.0. The van der Waals surface area contributed by atoms with Crippen molar-refractivity contribution < 1.29 is 13.9 Å². The normalized spacial score (nSPS) is 13.0. The molecule has 0 saturated carbocycles. The number of amides is 1. The van der Waals surface area contributed by atoms with Gasteiger partial charge in [0.2, 0.25) is 0 Å². The Kier molecular flexibility index (Phi) is 5.76. The summed E-state index contributed by atoms with van der Waals surface area (Å²) in [6.45, 7) is 1.64. The number of carbonyl (C=O) groups excluding carboxylic acids is 1. The van der Waals surface area contributed by atoms with Gasteiger partial charge >= 0.3 is 0 Å². The van der Waals surface area contributed by atoms with Gasteiger partial charge in [-0.05, 0) is 36.8 Å². The third kappa shape index (κ3) is 4.46. The van der Waals surface area contributed by atoms with Crippen LogP contribution in [0.15, 0.2) is 60.9 Å². The van der Waals surface area contributed by atoms with E-state index in [1.165, 1.54) is 12.1 Å². The van der Waals surface area contributed by atoms with Crippen molar-refractivity contribution in [2.24, 2.45) is 7.05 Å². The van der Waals surface area contributed by atoms with Crippen molar-refractivity contribution in [1.29, 1.82) is 0 Å². The molecular weight excluding hydrogens is 369 g/mol. The van der Waals surface area contributed by atoms with E-state index in [1.54, 1.807) is 60.3 Å².